The second-order valence-corrected chi connectivity index (χ2v) is 2.95. The minimum absolute atomic E-state index is 0.117. The molecule has 0 aromatic rings. The maximum absolute atomic E-state index is 10.4. The van der Waals surface area contributed by atoms with Gasteiger partial charge in [0, 0.05) is 0 Å². The SMILES string of the molecule is CC.NCC1CCC(C(=O)O)C1. The quantitative estimate of drug-likeness (QED) is 0.664. The minimum Gasteiger partial charge on any atom is -0.481 e. The number of rotatable bonds is 2. The van der Waals surface area contributed by atoms with Crippen LogP contribution in [0.2, 0.25) is 0 Å². The van der Waals surface area contributed by atoms with Crippen LogP contribution < -0.4 is 5.73 Å². The van der Waals surface area contributed by atoms with Gasteiger partial charge in [0.15, 0.2) is 0 Å². The van der Waals surface area contributed by atoms with Gasteiger partial charge in [0.2, 0.25) is 0 Å². The van der Waals surface area contributed by atoms with Crippen LogP contribution in [0.15, 0.2) is 0 Å². The number of aliphatic carboxylic acids is 1. The Bertz CT molecular complexity index is 136. The fourth-order valence-corrected chi connectivity index (χ4v) is 1.51. The standard InChI is InChI=1S/C7H13NO2.C2H6/c8-4-5-1-2-6(3-5)7(9)10;1-2/h5-6H,1-4,8H2,(H,9,10);1-2H3. The Morgan fingerprint density at radius 2 is 2.08 bits per heavy atom. The Morgan fingerprint density at radius 3 is 2.33 bits per heavy atom. The van der Waals surface area contributed by atoms with Gasteiger partial charge in [0.25, 0.3) is 0 Å². The molecule has 2 unspecified atom stereocenters. The van der Waals surface area contributed by atoms with Gasteiger partial charge in [-0.15, -0.1) is 0 Å². The van der Waals surface area contributed by atoms with Gasteiger partial charge in [-0.25, -0.2) is 0 Å². The first kappa shape index (κ1) is 11.4. The average molecular weight is 173 g/mol. The molecule has 1 rings (SSSR count). The molecule has 0 heterocycles. The third-order valence-electron chi connectivity index (χ3n) is 2.22. The number of carbonyl (C=O) groups is 1. The van der Waals surface area contributed by atoms with Crippen molar-refractivity contribution >= 4 is 5.97 Å². The van der Waals surface area contributed by atoms with Crippen LogP contribution in [0.1, 0.15) is 33.1 Å². The third-order valence-corrected chi connectivity index (χ3v) is 2.22. The van der Waals surface area contributed by atoms with Gasteiger partial charge in [-0.3, -0.25) is 4.79 Å². The minimum atomic E-state index is -0.657. The van der Waals surface area contributed by atoms with Crippen molar-refractivity contribution in [1.29, 1.82) is 0 Å². The third kappa shape index (κ3) is 3.22. The van der Waals surface area contributed by atoms with E-state index in [4.69, 9.17) is 10.8 Å². The lowest BCUT2D eigenvalue weighted by molar-refractivity contribution is -0.141. The summed E-state index contributed by atoms with van der Waals surface area (Å²) in [4.78, 5) is 10.4. The van der Waals surface area contributed by atoms with E-state index >= 15 is 0 Å². The van der Waals surface area contributed by atoms with E-state index in [9.17, 15) is 4.79 Å². The molecule has 1 saturated carbocycles. The molecule has 0 aromatic carbocycles. The number of carboxylic acids is 1. The van der Waals surface area contributed by atoms with Crippen LogP contribution >= 0.6 is 0 Å². The second-order valence-electron chi connectivity index (χ2n) is 2.95. The zero-order valence-electron chi connectivity index (χ0n) is 7.92. The fraction of sp³-hybridized carbons (Fsp3) is 0.889. The summed E-state index contributed by atoms with van der Waals surface area (Å²) < 4.78 is 0. The zero-order chi connectivity index (χ0) is 9.56. The number of nitrogens with two attached hydrogens (primary N) is 1. The zero-order valence-corrected chi connectivity index (χ0v) is 7.92. The van der Waals surface area contributed by atoms with Crippen molar-refractivity contribution in [2.75, 3.05) is 6.54 Å². The Hall–Kier alpha value is -0.570. The Labute approximate surface area is 74.0 Å². The van der Waals surface area contributed by atoms with E-state index in [0.29, 0.717) is 12.5 Å². The van der Waals surface area contributed by atoms with E-state index in [-0.39, 0.29) is 5.92 Å². The summed E-state index contributed by atoms with van der Waals surface area (Å²) in [5.74, 6) is -0.314. The van der Waals surface area contributed by atoms with E-state index in [0.717, 1.165) is 19.3 Å². The fourth-order valence-electron chi connectivity index (χ4n) is 1.51. The number of carboxylic acid groups (broad SMARTS) is 1. The second kappa shape index (κ2) is 6.00. The number of hydrogen-bond acceptors (Lipinski definition) is 2. The van der Waals surface area contributed by atoms with E-state index in [1.165, 1.54) is 0 Å². The topological polar surface area (TPSA) is 63.3 Å². The summed E-state index contributed by atoms with van der Waals surface area (Å²) >= 11 is 0. The Morgan fingerprint density at radius 1 is 1.50 bits per heavy atom. The molecule has 1 aliphatic rings. The van der Waals surface area contributed by atoms with Crippen LogP contribution in [-0.4, -0.2) is 17.6 Å². The highest BCUT2D eigenvalue weighted by Gasteiger charge is 2.28. The first-order valence-electron chi connectivity index (χ1n) is 4.67. The maximum Gasteiger partial charge on any atom is 0.306 e. The van der Waals surface area contributed by atoms with Crippen LogP contribution in [0.3, 0.4) is 0 Å². The first-order chi connectivity index (χ1) is 5.74. The summed E-state index contributed by atoms with van der Waals surface area (Å²) in [6.45, 7) is 4.64. The highest BCUT2D eigenvalue weighted by Crippen LogP contribution is 2.29. The Balaban J connectivity index is 0.000000561. The van der Waals surface area contributed by atoms with Gasteiger partial charge >= 0.3 is 5.97 Å². The molecule has 3 nitrogen and oxygen atoms in total. The summed E-state index contributed by atoms with van der Waals surface area (Å²) in [6, 6.07) is 0. The smallest absolute Gasteiger partial charge is 0.306 e. The first-order valence-corrected chi connectivity index (χ1v) is 4.67. The molecule has 1 fully saturated rings. The van der Waals surface area contributed by atoms with Crippen molar-refractivity contribution in [3.63, 3.8) is 0 Å². The predicted octanol–water partition coefficient (Wildman–Crippen LogP) is 1.47. The molecule has 1 aliphatic carbocycles. The highest BCUT2D eigenvalue weighted by atomic mass is 16.4. The van der Waals surface area contributed by atoms with Gasteiger partial charge in [-0.05, 0) is 31.7 Å². The van der Waals surface area contributed by atoms with Crippen molar-refractivity contribution in [1.82, 2.24) is 0 Å². The monoisotopic (exact) mass is 173 g/mol. The molecule has 12 heavy (non-hydrogen) atoms. The van der Waals surface area contributed by atoms with E-state index in [1.54, 1.807) is 0 Å². The van der Waals surface area contributed by atoms with Crippen molar-refractivity contribution in [3.05, 3.63) is 0 Å². The van der Waals surface area contributed by atoms with Gasteiger partial charge < -0.3 is 10.8 Å². The molecule has 0 aliphatic heterocycles. The molecule has 0 aromatic heterocycles. The normalized spacial score (nSPS) is 27.6. The molecular formula is C9H19NO2. The van der Waals surface area contributed by atoms with Crippen molar-refractivity contribution in [3.8, 4) is 0 Å². The lowest BCUT2D eigenvalue weighted by Gasteiger charge is -2.03. The molecule has 3 N–H and O–H groups in total. The van der Waals surface area contributed by atoms with E-state index in [1.807, 2.05) is 13.8 Å². The molecule has 0 bridgehead atoms. The van der Waals surface area contributed by atoms with E-state index in [2.05, 4.69) is 0 Å². The molecule has 0 amide bonds. The lowest BCUT2D eigenvalue weighted by Crippen LogP contribution is -2.13. The summed E-state index contributed by atoms with van der Waals surface area (Å²) in [7, 11) is 0. The van der Waals surface area contributed by atoms with Gasteiger partial charge in [0.05, 0.1) is 5.92 Å². The van der Waals surface area contributed by atoms with Gasteiger partial charge in [-0.1, -0.05) is 13.8 Å². The largest absolute Gasteiger partial charge is 0.481 e. The Kier molecular flexibility index (Phi) is 5.72. The molecule has 2 atom stereocenters. The lowest BCUT2D eigenvalue weighted by atomic mass is 10.1. The van der Waals surface area contributed by atoms with Crippen molar-refractivity contribution < 1.29 is 9.90 Å². The van der Waals surface area contributed by atoms with Crippen LogP contribution in [0.25, 0.3) is 0 Å². The van der Waals surface area contributed by atoms with Gasteiger partial charge in [0.1, 0.15) is 0 Å². The van der Waals surface area contributed by atoms with Crippen LogP contribution in [0.5, 0.6) is 0 Å². The van der Waals surface area contributed by atoms with Crippen molar-refractivity contribution in [2.45, 2.75) is 33.1 Å². The highest BCUT2D eigenvalue weighted by molar-refractivity contribution is 5.70. The molecule has 72 valence electrons. The van der Waals surface area contributed by atoms with Crippen LogP contribution in [-0.2, 0) is 4.79 Å². The summed E-state index contributed by atoms with van der Waals surface area (Å²) in [5, 5.41) is 8.59. The predicted molar refractivity (Wildman–Crippen MR) is 48.9 cm³/mol. The summed E-state index contributed by atoms with van der Waals surface area (Å²) in [5.41, 5.74) is 5.40. The molecule has 3 heteroatoms. The van der Waals surface area contributed by atoms with E-state index < -0.39 is 5.97 Å². The van der Waals surface area contributed by atoms with Crippen molar-refractivity contribution in [2.24, 2.45) is 17.6 Å². The molecule has 0 saturated heterocycles. The average Bonchev–Trinajstić information content (AvgIpc) is 2.55. The summed E-state index contributed by atoms with van der Waals surface area (Å²) in [6.07, 6.45) is 2.59. The molecular weight excluding hydrogens is 154 g/mol. The number of hydrogen-bond donors (Lipinski definition) is 2. The van der Waals surface area contributed by atoms with Crippen LogP contribution in [0.4, 0.5) is 0 Å². The molecule has 0 radical (unpaired) electrons. The molecule has 0 spiro atoms. The van der Waals surface area contributed by atoms with Gasteiger partial charge in [-0.2, -0.15) is 0 Å². The maximum atomic E-state index is 10.4. The van der Waals surface area contributed by atoms with Crippen LogP contribution in [0, 0.1) is 11.8 Å².